The van der Waals surface area contributed by atoms with E-state index >= 15 is 0 Å². The van der Waals surface area contributed by atoms with E-state index in [9.17, 15) is 0 Å². The van der Waals surface area contributed by atoms with Crippen LogP contribution in [0.2, 0.25) is 0 Å². The summed E-state index contributed by atoms with van der Waals surface area (Å²) in [6.45, 7) is 16.3. The van der Waals surface area contributed by atoms with Gasteiger partial charge in [0.1, 0.15) is 22.5 Å². The quantitative estimate of drug-likeness (QED) is 0.113. The first-order chi connectivity index (χ1) is 46.0. The summed E-state index contributed by atoms with van der Waals surface area (Å²) in [5.74, 6) is 0.768. The van der Waals surface area contributed by atoms with Crippen molar-refractivity contribution in [1.29, 1.82) is 0 Å². The molecule has 5 nitrogen and oxygen atoms in total. The number of para-hydroxylation sites is 4. The molecule has 1 aliphatic carbocycles. The molecular formula is C87H68BN3O2S. The van der Waals surface area contributed by atoms with Crippen LogP contribution in [0.5, 0.6) is 0 Å². The van der Waals surface area contributed by atoms with Gasteiger partial charge in [-0.25, -0.2) is 0 Å². The molecule has 0 saturated carbocycles. The molecule has 0 amide bonds. The minimum absolute atomic E-state index is 0.0223. The number of nitrogens with zero attached hydrogens (tertiary/aromatic N) is 3. The van der Waals surface area contributed by atoms with E-state index in [1.807, 2.05) is 23.9 Å². The monoisotopic (exact) mass is 1230 g/mol. The molecule has 0 saturated heterocycles. The molecule has 17 rings (SSSR count). The Labute approximate surface area is 554 Å². The lowest BCUT2D eigenvalue weighted by atomic mass is 9.34. The number of hydrogen-bond donors (Lipinski definition) is 0. The Bertz CT molecular complexity index is 5270. The minimum Gasteiger partial charge on any atom is -0.456 e. The van der Waals surface area contributed by atoms with Crippen molar-refractivity contribution in [3.63, 3.8) is 0 Å². The maximum Gasteiger partial charge on any atom is 0.249 e. The van der Waals surface area contributed by atoms with Crippen molar-refractivity contribution < 1.29 is 8.83 Å². The van der Waals surface area contributed by atoms with E-state index in [4.69, 9.17) is 8.83 Å². The molecule has 12 aromatic carbocycles. The molecule has 7 heteroatoms. The van der Waals surface area contributed by atoms with Gasteiger partial charge in [0.05, 0.1) is 5.69 Å². The molecule has 452 valence electrons. The third-order valence-electron chi connectivity index (χ3n) is 20.0. The van der Waals surface area contributed by atoms with Gasteiger partial charge in [0.2, 0.25) is 6.71 Å². The van der Waals surface area contributed by atoms with E-state index in [0.29, 0.717) is 0 Å². The highest BCUT2D eigenvalue weighted by molar-refractivity contribution is 8.00. The maximum atomic E-state index is 7.02. The standard InChI is InChI=1S/C87H68BN3O2S/c1-7-68-78(49-56(2)58-27-23-28-59(50-58)57-25-13-8-14-26-57)92-76-45-46-77-83(82(68)76)69-42-39-60(52-79(69)93-77)61-51-75-85-81(53-61)94-80-55-67(90(64-33-19-11-20-34-64)65-35-21-12-22-36-65)41-44-72(80)88(85)71-43-40-66(89(62-29-15-9-16-30-62)63-31-17-10-18-32-63)54-74(71)91(75)73-38-24-37-70-84(73)87(5,6)48-47-86(70,3)4/h7-46,49-55H,1,47-48H2,2-6H3/b56-49+. The van der Waals surface area contributed by atoms with Gasteiger partial charge >= 0.3 is 0 Å². The summed E-state index contributed by atoms with van der Waals surface area (Å²) < 4.78 is 13.8. The Kier molecular flexibility index (Phi) is 13.7. The normalized spacial score (nSPS) is 14.3. The molecule has 0 spiro atoms. The van der Waals surface area contributed by atoms with Gasteiger partial charge in [-0.1, -0.05) is 209 Å². The molecule has 0 unspecified atom stereocenters. The molecule has 0 N–H and O–H groups in total. The van der Waals surface area contributed by atoms with Crippen LogP contribution in [0, 0.1) is 0 Å². The summed E-state index contributed by atoms with van der Waals surface area (Å²) in [6.07, 6.45) is 6.28. The Morgan fingerprint density at radius 3 is 1.68 bits per heavy atom. The molecule has 4 heterocycles. The Hall–Kier alpha value is -10.7. The molecule has 0 fully saturated rings. The van der Waals surface area contributed by atoms with E-state index in [0.717, 1.165) is 113 Å². The summed E-state index contributed by atoms with van der Waals surface area (Å²) in [4.78, 5) is 9.92. The average molecular weight is 1230 g/mol. The number of rotatable bonds is 12. The highest BCUT2D eigenvalue weighted by Crippen LogP contribution is 2.55. The summed E-state index contributed by atoms with van der Waals surface area (Å²) in [5, 5.41) is 3.04. The van der Waals surface area contributed by atoms with Gasteiger partial charge in [-0.15, -0.1) is 0 Å². The smallest absolute Gasteiger partial charge is 0.249 e. The van der Waals surface area contributed by atoms with Gasteiger partial charge in [0, 0.05) is 77.0 Å². The number of hydrogen-bond acceptors (Lipinski definition) is 6. The zero-order valence-corrected chi connectivity index (χ0v) is 54.2. The minimum atomic E-state index is -0.114. The van der Waals surface area contributed by atoms with Crippen LogP contribution < -0.4 is 31.1 Å². The Morgan fingerprint density at radius 2 is 1.03 bits per heavy atom. The van der Waals surface area contributed by atoms with Crippen molar-refractivity contribution in [1.82, 2.24) is 0 Å². The highest BCUT2D eigenvalue weighted by atomic mass is 32.2. The third-order valence-corrected chi connectivity index (χ3v) is 21.2. The fourth-order valence-corrected chi connectivity index (χ4v) is 16.6. The highest BCUT2D eigenvalue weighted by Gasteiger charge is 2.45. The lowest BCUT2D eigenvalue weighted by molar-refractivity contribution is 0.332. The lowest BCUT2D eigenvalue weighted by Gasteiger charge is -2.47. The Balaban J connectivity index is 0.878. The van der Waals surface area contributed by atoms with Crippen LogP contribution in [0.25, 0.3) is 72.9 Å². The summed E-state index contributed by atoms with van der Waals surface area (Å²) in [5.41, 5.74) is 26.9. The average Bonchev–Trinajstić information content (AvgIpc) is 0.877. The molecule has 2 aliphatic heterocycles. The number of fused-ring (bicyclic) bond motifs is 10. The van der Waals surface area contributed by atoms with E-state index in [2.05, 4.69) is 329 Å². The van der Waals surface area contributed by atoms with Crippen LogP contribution in [-0.2, 0) is 10.8 Å². The largest absolute Gasteiger partial charge is 0.456 e. The van der Waals surface area contributed by atoms with Gasteiger partial charge in [0.15, 0.2) is 0 Å². The zero-order chi connectivity index (χ0) is 63.4. The van der Waals surface area contributed by atoms with Gasteiger partial charge in [-0.05, 0) is 213 Å². The van der Waals surface area contributed by atoms with Crippen molar-refractivity contribution in [2.75, 3.05) is 14.7 Å². The third kappa shape index (κ3) is 9.54. The second kappa shape index (κ2) is 22.5. The van der Waals surface area contributed by atoms with E-state index in [1.165, 1.54) is 65.5 Å². The predicted molar refractivity (Wildman–Crippen MR) is 399 cm³/mol. The van der Waals surface area contributed by atoms with Gasteiger partial charge in [-0.2, -0.15) is 0 Å². The first kappa shape index (κ1) is 57.2. The van der Waals surface area contributed by atoms with Crippen LogP contribution in [0.1, 0.15) is 75.5 Å². The fraction of sp³-hybridized carbons (Fsp3) is 0.103. The van der Waals surface area contributed by atoms with E-state index in [-0.39, 0.29) is 17.5 Å². The van der Waals surface area contributed by atoms with Crippen LogP contribution >= 0.6 is 11.8 Å². The van der Waals surface area contributed by atoms with Crippen LogP contribution in [0.4, 0.5) is 51.2 Å². The summed E-state index contributed by atoms with van der Waals surface area (Å²) >= 11 is 1.89. The lowest BCUT2D eigenvalue weighted by Crippen LogP contribution is -2.60. The van der Waals surface area contributed by atoms with Crippen molar-refractivity contribution in [3.05, 3.63) is 308 Å². The molecule has 0 radical (unpaired) electrons. The topological polar surface area (TPSA) is 36.0 Å². The van der Waals surface area contributed by atoms with Crippen LogP contribution in [-0.4, -0.2) is 6.71 Å². The number of benzene rings is 12. The van der Waals surface area contributed by atoms with Crippen molar-refractivity contribution in [2.24, 2.45) is 0 Å². The molecule has 2 aromatic heterocycles. The van der Waals surface area contributed by atoms with Crippen LogP contribution in [0.3, 0.4) is 0 Å². The van der Waals surface area contributed by atoms with Crippen molar-refractivity contribution >= 4 is 137 Å². The molecule has 94 heavy (non-hydrogen) atoms. The first-order valence-corrected chi connectivity index (χ1v) is 33.5. The van der Waals surface area contributed by atoms with Gasteiger partial charge in [0.25, 0.3) is 0 Å². The number of anilines is 9. The molecule has 0 atom stereocenters. The molecule has 14 aromatic rings. The van der Waals surface area contributed by atoms with Crippen molar-refractivity contribution in [3.8, 4) is 22.3 Å². The predicted octanol–water partition coefficient (Wildman–Crippen LogP) is 22.9. The maximum absolute atomic E-state index is 7.02. The fourth-order valence-electron chi connectivity index (χ4n) is 15.4. The SMILES string of the molecule is C=Cc1c(/C=C(\C)c2cccc(-c3ccccc3)c2)oc2ccc3oc4cc(-c5cc6c7c(c5)N(c5cccc8c5C(C)(C)CCC8(C)C)c5cc(N(c8ccccc8)c8ccccc8)ccc5B7c5ccc(N(c7ccccc7)c7ccccc7)cc5S6)ccc4c3c12. The van der Waals surface area contributed by atoms with Crippen molar-refractivity contribution in [2.45, 2.75) is 68.1 Å². The van der Waals surface area contributed by atoms with Gasteiger partial charge < -0.3 is 23.5 Å². The van der Waals surface area contributed by atoms with Gasteiger partial charge in [-0.3, -0.25) is 0 Å². The van der Waals surface area contributed by atoms with E-state index in [1.54, 1.807) is 0 Å². The van der Waals surface area contributed by atoms with Crippen LogP contribution in [0.15, 0.2) is 298 Å². The molecule has 3 aliphatic rings. The van der Waals surface area contributed by atoms with E-state index < -0.39 is 0 Å². The summed E-state index contributed by atoms with van der Waals surface area (Å²) in [7, 11) is 0. The molecular weight excluding hydrogens is 1160 g/mol. The number of allylic oxidation sites excluding steroid dienone is 1. The second-order valence-electron chi connectivity index (χ2n) is 26.7. The second-order valence-corrected chi connectivity index (χ2v) is 27.8. The number of furan rings is 2. The molecule has 0 bridgehead atoms. The zero-order valence-electron chi connectivity index (χ0n) is 53.4. The summed E-state index contributed by atoms with van der Waals surface area (Å²) in [6, 6.07) is 99.8. The first-order valence-electron chi connectivity index (χ1n) is 32.7. The Morgan fingerprint density at radius 1 is 0.457 bits per heavy atom.